The molecule has 5 nitrogen and oxygen atoms in total. The van der Waals surface area contributed by atoms with Crippen LogP contribution in [0.25, 0.3) is 16.9 Å². The number of aromatic nitrogens is 3. The fourth-order valence-corrected chi connectivity index (χ4v) is 2.29. The molecule has 0 bridgehead atoms. The second-order valence-corrected chi connectivity index (χ2v) is 5.17. The molecule has 3 rings (SSSR count). The summed E-state index contributed by atoms with van der Waals surface area (Å²) in [5, 5.41) is 8.35. The van der Waals surface area contributed by atoms with Crippen LogP contribution in [-0.2, 0) is 4.74 Å². The van der Waals surface area contributed by atoms with Crippen LogP contribution in [0.15, 0.2) is 42.5 Å². The van der Waals surface area contributed by atoms with E-state index in [1.165, 1.54) is 43.5 Å². The average Bonchev–Trinajstić information content (AvgIpc) is 2.99. The lowest BCUT2D eigenvalue weighted by Crippen LogP contribution is -2.05. The number of ether oxygens (including phenoxy) is 1. The van der Waals surface area contributed by atoms with Crippen LogP contribution < -0.4 is 0 Å². The van der Waals surface area contributed by atoms with Gasteiger partial charge in [0.15, 0.2) is 5.69 Å². The van der Waals surface area contributed by atoms with E-state index in [0.29, 0.717) is 16.8 Å². The van der Waals surface area contributed by atoms with Crippen LogP contribution >= 0.6 is 0 Å². The number of nitrogens with zero attached hydrogens (tertiary/aromatic N) is 3. The zero-order valence-electron chi connectivity index (χ0n) is 13.0. The predicted octanol–water partition coefficient (Wildman–Crippen LogP) is 3.31. The van der Waals surface area contributed by atoms with E-state index >= 15 is 0 Å². The number of carbonyl (C=O) groups excluding carboxylic acids is 1. The molecule has 0 aliphatic heterocycles. The number of aryl methyl sites for hydroxylation is 1. The Morgan fingerprint density at radius 2 is 1.75 bits per heavy atom. The maximum absolute atomic E-state index is 13.6. The Morgan fingerprint density at radius 3 is 2.38 bits per heavy atom. The van der Waals surface area contributed by atoms with E-state index in [2.05, 4.69) is 10.2 Å². The minimum absolute atomic E-state index is 0.0361. The molecule has 0 aliphatic rings. The third kappa shape index (κ3) is 3.01. The maximum Gasteiger partial charge on any atom is 0.360 e. The van der Waals surface area contributed by atoms with Crippen molar-refractivity contribution >= 4 is 5.97 Å². The van der Waals surface area contributed by atoms with Crippen molar-refractivity contribution in [3.63, 3.8) is 0 Å². The molecule has 3 aromatic rings. The van der Waals surface area contributed by atoms with Crippen LogP contribution in [0.4, 0.5) is 8.78 Å². The average molecular weight is 329 g/mol. The van der Waals surface area contributed by atoms with Crippen molar-refractivity contribution in [2.24, 2.45) is 0 Å². The van der Waals surface area contributed by atoms with Gasteiger partial charge in [-0.15, -0.1) is 10.2 Å². The standard InChI is InChI=1S/C17H13F2N3O2/c1-10-7-13(19)9-14(8-10)22-20-15(16(21-22)17(23)24-2)11-3-5-12(18)6-4-11/h3-9H,1-2H3. The van der Waals surface area contributed by atoms with Crippen molar-refractivity contribution in [3.05, 3.63) is 65.4 Å². The molecule has 7 heteroatoms. The summed E-state index contributed by atoms with van der Waals surface area (Å²) in [6.07, 6.45) is 0. The topological polar surface area (TPSA) is 57.0 Å². The smallest absolute Gasteiger partial charge is 0.360 e. The van der Waals surface area contributed by atoms with Crippen LogP contribution in [0.5, 0.6) is 0 Å². The molecule has 0 N–H and O–H groups in total. The van der Waals surface area contributed by atoms with Crippen LogP contribution in [0.1, 0.15) is 16.1 Å². The first kappa shape index (κ1) is 15.8. The summed E-state index contributed by atoms with van der Waals surface area (Å²) in [4.78, 5) is 13.1. The van der Waals surface area contributed by atoms with Crippen molar-refractivity contribution in [1.29, 1.82) is 0 Å². The largest absolute Gasteiger partial charge is 0.464 e. The lowest BCUT2D eigenvalue weighted by Gasteiger charge is -2.01. The lowest BCUT2D eigenvalue weighted by molar-refractivity contribution is 0.0594. The third-order valence-corrected chi connectivity index (χ3v) is 3.37. The minimum atomic E-state index is -0.686. The SMILES string of the molecule is COC(=O)c1nn(-c2cc(C)cc(F)c2)nc1-c1ccc(F)cc1. The zero-order chi connectivity index (χ0) is 17.3. The van der Waals surface area contributed by atoms with Crippen molar-refractivity contribution in [2.75, 3.05) is 7.11 Å². The summed E-state index contributed by atoms with van der Waals surface area (Å²) in [5.41, 5.74) is 1.74. The normalized spacial score (nSPS) is 10.7. The van der Waals surface area contributed by atoms with Gasteiger partial charge in [0.05, 0.1) is 12.8 Å². The molecule has 122 valence electrons. The van der Waals surface area contributed by atoms with Gasteiger partial charge in [-0.25, -0.2) is 13.6 Å². The molecule has 0 aliphatic carbocycles. The third-order valence-electron chi connectivity index (χ3n) is 3.37. The number of halogens is 2. The van der Waals surface area contributed by atoms with Crippen LogP contribution in [0.3, 0.4) is 0 Å². The fraction of sp³-hybridized carbons (Fsp3) is 0.118. The highest BCUT2D eigenvalue weighted by molar-refractivity contribution is 5.93. The highest BCUT2D eigenvalue weighted by Crippen LogP contribution is 2.23. The second-order valence-electron chi connectivity index (χ2n) is 5.17. The summed E-state index contributed by atoms with van der Waals surface area (Å²) >= 11 is 0. The van der Waals surface area contributed by atoms with Gasteiger partial charge in [-0.1, -0.05) is 0 Å². The molecule has 1 aromatic heterocycles. The molecule has 0 radical (unpaired) electrons. The molecule has 0 unspecified atom stereocenters. The number of hydrogen-bond donors (Lipinski definition) is 0. The molecule has 0 saturated carbocycles. The van der Waals surface area contributed by atoms with Gasteiger partial charge >= 0.3 is 5.97 Å². The summed E-state index contributed by atoms with van der Waals surface area (Å²) in [6.45, 7) is 1.73. The molecule has 1 heterocycles. The van der Waals surface area contributed by atoms with E-state index in [0.717, 1.165) is 4.80 Å². The van der Waals surface area contributed by atoms with Crippen molar-refractivity contribution < 1.29 is 18.3 Å². The fourth-order valence-electron chi connectivity index (χ4n) is 2.29. The summed E-state index contributed by atoms with van der Waals surface area (Å²) < 4.78 is 31.4. The van der Waals surface area contributed by atoms with Crippen molar-refractivity contribution in [1.82, 2.24) is 15.0 Å². The summed E-state index contributed by atoms with van der Waals surface area (Å²) in [6, 6.07) is 9.76. The Kier molecular flexibility index (Phi) is 4.07. The molecule has 0 atom stereocenters. The van der Waals surface area contributed by atoms with Crippen molar-refractivity contribution in [2.45, 2.75) is 6.92 Å². The second kappa shape index (κ2) is 6.19. The Bertz CT molecular complexity index is 884. The first-order chi connectivity index (χ1) is 11.5. The molecular formula is C17H13F2N3O2. The maximum atomic E-state index is 13.6. The van der Waals surface area contributed by atoms with E-state index in [-0.39, 0.29) is 11.4 Å². The number of rotatable bonds is 3. The monoisotopic (exact) mass is 329 g/mol. The van der Waals surface area contributed by atoms with E-state index in [9.17, 15) is 13.6 Å². The van der Waals surface area contributed by atoms with Crippen LogP contribution in [0, 0.1) is 18.6 Å². The number of carbonyl (C=O) groups is 1. The minimum Gasteiger partial charge on any atom is -0.464 e. The zero-order valence-corrected chi connectivity index (χ0v) is 13.0. The Balaban J connectivity index is 2.16. The first-order valence-electron chi connectivity index (χ1n) is 7.07. The Morgan fingerprint density at radius 1 is 1.04 bits per heavy atom. The highest BCUT2D eigenvalue weighted by Gasteiger charge is 2.21. The van der Waals surface area contributed by atoms with Crippen LogP contribution in [0.2, 0.25) is 0 Å². The van der Waals surface area contributed by atoms with Gasteiger partial charge < -0.3 is 4.74 Å². The predicted molar refractivity (Wildman–Crippen MR) is 82.8 cm³/mol. The van der Waals surface area contributed by atoms with E-state index < -0.39 is 17.6 Å². The van der Waals surface area contributed by atoms with Crippen LogP contribution in [-0.4, -0.2) is 28.1 Å². The van der Waals surface area contributed by atoms with E-state index in [1.807, 2.05) is 0 Å². The number of methoxy groups -OCH3 is 1. The van der Waals surface area contributed by atoms with E-state index in [1.54, 1.807) is 13.0 Å². The summed E-state index contributed by atoms with van der Waals surface area (Å²) in [7, 11) is 1.22. The van der Waals surface area contributed by atoms with E-state index in [4.69, 9.17) is 4.74 Å². The Hall–Kier alpha value is -3.09. The molecule has 0 spiro atoms. The molecule has 0 amide bonds. The molecule has 2 aromatic carbocycles. The van der Waals surface area contributed by atoms with Gasteiger partial charge in [-0.05, 0) is 48.9 Å². The number of benzene rings is 2. The quantitative estimate of drug-likeness (QED) is 0.692. The molecule has 0 fully saturated rings. The highest BCUT2D eigenvalue weighted by atomic mass is 19.1. The number of hydrogen-bond acceptors (Lipinski definition) is 4. The molecular weight excluding hydrogens is 316 g/mol. The van der Waals surface area contributed by atoms with Gasteiger partial charge in [-0.3, -0.25) is 0 Å². The summed E-state index contributed by atoms with van der Waals surface area (Å²) in [5.74, 6) is -1.54. The lowest BCUT2D eigenvalue weighted by atomic mass is 10.1. The molecule has 24 heavy (non-hydrogen) atoms. The van der Waals surface area contributed by atoms with Gasteiger partial charge in [0.1, 0.15) is 17.3 Å². The Labute approximate surface area is 136 Å². The van der Waals surface area contributed by atoms with Crippen molar-refractivity contribution in [3.8, 4) is 16.9 Å². The number of esters is 1. The van der Waals surface area contributed by atoms with Gasteiger partial charge in [0, 0.05) is 11.6 Å². The van der Waals surface area contributed by atoms with Gasteiger partial charge in [-0.2, -0.15) is 4.80 Å². The molecule has 0 saturated heterocycles. The van der Waals surface area contributed by atoms with Gasteiger partial charge in [0.25, 0.3) is 0 Å². The first-order valence-corrected chi connectivity index (χ1v) is 7.07. The van der Waals surface area contributed by atoms with Gasteiger partial charge in [0.2, 0.25) is 0 Å².